The van der Waals surface area contributed by atoms with Crippen molar-refractivity contribution in [2.45, 2.75) is 58.4 Å². The molecule has 0 unspecified atom stereocenters. The van der Waals surface area contributed by atoms with Crippen LogP contribution in [0.3, 0.4) is 0 Å². The first-order valence-electron chi connectivity index (χ1n) is 8.88. The summed E-state index contributed by atoms with van der Waals surface area (Å²) in [5, 5.41) is 6.49. The SMILES string of the molecule is CC(C)CCN1CCC(CNC(=O)[C@H]2CCCCN2)CC1. The van der Waals surface area contributed by atoms with Gasteiger partial charge in [0.05, 0.1) is 6.04 Å². The number of nitrogens with one attached hydrogen (secondary N) is 2. The Labute approximate surface area is 130 Å². The zero-order chi connectivity index (χ0) is 15.1. The number of hydrogen-bond donors (Lipinski definition) is 2. The molecule has 0 aromatic heterocycles. The van der Waals surface area contributed by atoms with E-state index in [1.807, 2.05) is 0 Å². The van der Waals surface area contributed by atoms with Gasteiger partial charge in [-0.1, -0.05) is 20.3 Å². The van der Waals surface area contributed by atoms with E-state index in [9.17, 15) is 4.79 Å². The van der Waals surface area contributed by atoms with Gasteiger partial charge in [-0.25, -0.2) is 0 Å². The summed E-state index contributed by atoms with van der Waals surface area (Å²) in [6, 6.07) is 0.0601. The van der Waals surface area contributed by atoms with Gasteiger partial charge in [0.2, 0.25) is 5.91 Å². The number of nitrogens with zero attached hydrogens (tertiary/aromatic N) is 1. The number of likely N-dealkylation sites (tertiary alicyclic amines) is 1. The van der Waals surface area contributed by atoms with E-state index in [0.29, 0.717) is 5.92 Å². The van der Waals surface area contributed by atoms with Crippen LogP contribution in [0.4, 0.5) is 0 Å². The van der Waals surface area contributed by atoms with Gasteiger partial charge in [-0.2, -0.15) is 0 Å². The van der Waals surface area contributed by atoms with Gasteiger partial charge in [-0.15, -0.1) is 0 Å². The molecule has 4 heteroatoms. The monoisotopic (exact) mass is 295 g/mol. The lowest BCUT2D eigenvalue weighted by molar-refractivity contribution is -0.123. The highest BCUT2D eigenvalue weighted by Crippen LogP contribution is 2.17. The van der Waals surface area contributed by atoms with Crippen LogP contribution in [0, 0.1) is 11.8 Å². The third-order valence-corrected chi connectivity index (χ3v) is 4.92. The van der Waals surface area contributed by atoms with Crippen LogP contribution in [0.5, 0.6) is 0 Å². The molecular weight excluding hydrogens is 262 g/mol. The van der Waals surface area contributed by atoms with Gasteiger partial charge in [0.25, 0.3) is 0 Å². The van der Waals surface area contributed by atoms with Gasteiger partial charge in [-0.05, 0) is 70.1 Å². The maximum absolute atomic E-state index is 12.1. The summed E-state index contributed by atoms with van der Waals surface area (Å²) in [7, 11) is 0. The van der Waals surface area contributed by atoms with Crippen molar-refractivity contribution in [1.82, 2.24) is 15.5 Å². The Morgan fingerprint density at radius 1 is 1.24 bits per heavy atom. The molecule has 1 amide bonds. The minimum absolute atomic E-state index is 0.0601. The van der Waals surface area contributed by atoms with Gasteiger partial charge >= 0.3 is 0 Å². The predicted molar refractivity (Wildman–Crippen MR) is 87.3 cm³/mol. The molecule has 0 bridgehead atoms. The fourth-order valence-corrected chi connectivity index (χ4v) is 3.30. The fraction of sp³-hybridized carbons (Fsp3) is 0.941. The Kier molecular flexibility index (Phi) is 6.97. The average Bonchev–Trinajstić information content (AvgIpc) is 2.52. The molecule has 1 atom stereocenters. The second-order valence-electron chi connectivity index (χ2n) is 7.22. The van der Waals surface area contributed by atoms with Gasteiger partial charge in [0.1, 0.15) is 0 Å². The summed E-state index contributed by atoms with van der Waals surface area (Å²) in [4.78, 5) is 14.7. The molecule has 4 nitrogen and oxygen atoms in total. The Balaban J connectivity index is 1.59. The van der Waals surface area contributed by atoms with E-state index in [2.05, 4.69) is 29.4 Å². The van der Waals surface area contributed by atoms with E-state index in [-0.39, 0.29) is 11.9 Å². The smallest absolute Gasteiger partial charge is 0.237 e. The molecule has 0 spiro atoms. The number of hydrogen-bond acceptors (Lipinski definition) is 3. The normalized spacial score (nSPS) is 25.2. The van der Waals surface area contributed by atoms with Crippen molar-refractivity contribution >= 4 is 5.91 Å². The van der Waals surface area contributed by atoms with Crippen molar-refractivity contribution in [3.05, 3.63) is 0 Å². The van der Waals surface area contributed by atoms with Crippen LogP contribution < -0.4 is 10.6 Å². The highest BCUT2D eigenvalue weighted by Gasteiger charge is 2.23. The van der Waals surface area contributed by atoms with Crippen LogP contribution in [-0.2, 0) is 4.79 Å². The van der Waals surface area contributed by atoms with Crippen molar-refractivity contribution in [2.75, 3.05) is 32.7 Å². The average molecular weight is 295 g/mol. The lowest BCUT2D eigenvalue weighted by Gasteiger charge is -2.32. The fourth-order valence-electron chi connectivity index (χ4n) is 3.30. The van der Waals surface area contributed by atoms with Crippen molar-refractivity contribution in [2.24, 2.45) is 11.8 Å². The topological polar surface area (TPSA) is 44.4 Å². The molecule has 2 fully saturated rings. The predicted octanol–water partition coefficient (Wildman–Crippen LogP) is 2.00. The zero-order valence-electron chi connectivity index (χ0n) is 13.9. The molecule has 2 aliphatic rings. The summed E-state index contributed by atoms with van der Waals surface area (Å²) < 4.78 is 0. The third-order valence-electron chi connectivity index (χ3n) is 4.92. The molecule has 0 saturated carbocycles. The number of amides is 1. The number of piperidine rings is 2. The van der Waals surface area contributed by atoms with Crippen molar-refractivity contribution in [3.63, 3.8) is 0 Å². The van der Waals surface area contributed by atoms with Crippen LogP contribution in [0.1, 0.15) is 52.4 Å². The summed E-state index contributed by atoms with van der Waals surface area (Å²) in [5.74, 6) is 1.69. The largest absolute Gasteiger partial charge is 0.354 e. The molecule has 0 radical (unpaired) electrons. The number of carbonyl (C=O) groups excluding carboxylic acids is 1. The molecule has 0 aromatic carbocycles. The van der Waals surface area contributed by atoms with Gasteiger partial charge in [0, 0.05) is 6.54 Å². The van der Waals surface area contributed by atoms with Crippen LogP contribution in [-0.4, -0.2) is 49.6 Å². The summed E-state index contributed by atoms with van der Waals surface area (Å²) in [6.45, 7) is 10.1. The van der Waals surface area contributed by atoms with E-state index in [4.69, 9.17) is 0 Å². The highest BCUT2D eigenvalue weighted by atomic mass is 16.2. The van der Waals surface area contributed by atoms with E-state index in [1.165, 1.54) is 51.7 Å². The first-order chi connectivity index (χ1) is 10.1. The second-order valence-corrected chi connectivity index (χ2v) is 7.22. The molecule has 21 heavy (non-hydrogen) atoms. The molecule has 2 saturated heterocycles. The Morgan fingerprint density at radius 2 is 2.00 bits per heavy atom. The Hall–Kier alpha value is -0.610. The van der Waals surface area contributed by atoms with E-state index in [0.717, 1.165) is 25.4 Å². The first-order valence-corrected chi connectivity index (χ1v) is 8.88. The molecule has 2 aliphatic heterocycles. The first kappa shape index (κ1) is 16.8. The standard InChI is InChI=1S/C17H33N3O/c1-14(2)6-10-20-11-7-15(8-12-20)13-19-17(21)16-5-3-4-9-18-16/h14-16,18H,3-13H2,1-2H3,(H,19,21)/t16-/m1/s1. The summed E-state index contributed by atoms with van der Waals surface area (Å²) >= 11 is 0. The minimum Gasteiger partial charge on any atom is -0.354 e. The Bertz CT molecular complexity index is 305. The zero-order valence-corrected chi connectivity index (χ0v) is 13.9. The second kappa shape index (κ2) is 8.74. The van der Waals surface area contributed by atoms with E-state index >= 15 is 0 Å². The maximum atomic E-state index is 12.1. The van der Waals surface area contributed by atoms with Crippen molar-refractivity contribution < 1.29 is 4.79 Å². The van der Waals surface area contributed by atoms with Crippen molar-refractivity contribution in [1.29, 1.82) is 0 Å². The highest BCUT2D eigenvalue weighted by molar-refractivity contribution is 5.81. The summed E-state index contributed by atoms with van der Waals surface area (Å²) in [6.07, 6.45) is 7.15. The third kappa shape index (κ3) is 5.95. The van der Waals surface area contributed by atoms with Crippen LogP contribution >= 0.6 is 0 Å². The molecule has 0 aliphatic carbocycles. The molecule has 2 heterocycles. The van der Waals surface area contributed by atoms with Gasteiger partial charge < -0.3 is 15.5 Å². The maximum Gasteiger partial charge on any atom is 0.237 e. The molecule has 0 aromatic rings. The minimum atomic E-state index is 0.0601. The summed E-state index contributed by atoms with van der Waals surface area (Å²) in [5.41, 5.74) is 0. The van der Waals surface area contributed by atoms with Crippen LogP contribution in [0.25, 0.3) is 0 Å². The molecular formula is C17H33N3O. The van der Waals surface area contributed by atoms with Gasteiger partial charge in [0.15, 0.2) is 0 Å². The van der Waals surface area contributed by atoms with E-state index in [1.54, 1.807) is 0 Å². The molecule has 2 rings (SSSR count). The van der Waals surface area contributed by atoms with Crippen LogP contribution in [0.15, 0.2) is 0 Å². The quantitative estimate of drug-likeness (QED) is 0.788. The lowest BCUT2D eigenvalue weighted by atomic mass is 9.96. The number of carbonyl (C=O) groups is 1. The van der Waals surface area contributed by atoms with E-state index < -0.39 is 0 Å². The molecule has 122 valence electrons. The Morgan fingerprint density at radius 3 is 2.62 bits per heavy atom. The molecule has 2 N–H and O–H groups in total. The van der Waals surface area contributed by atoms with Crippen LogP contribution in [0.2, 0.25) is 0 Å². The number of rotatable bonds is 6. The van der Waals surface area contributed by atoms with Crippen molar-refractivity contribution in [3.8, 4) is 0 Å². The lowest BCUT2D eigenvalue weighted by Crippen LogP contribution is -2.48. The van der Waals surface area contributed by atoms with Gasteiger partial charge in [-0.3, -0.25) is 4.79 Å².